The zero-order chi connectivity index (χ0) is 15.5. The number of hydrogen-bond donors (Lipinski definition) is 1. The minimum atomic E-state index is -3.71. The van der Waals surface area contributed by atoms with Crippen LogP contribution in [0.15, 0.2) is 41.3 Å². The van der Waals surface area contributed by atoms with Crippen LogP contribution in [-0.4, -0.2) is 20.7 Å². The summed E-state index contributed by atoms with van der Waals surface area (Å²) in [5.41, 5.74) is 0. The molecule has 0 atom stereocenters. The maximum atomic E-state index is 13.0. The maximum absolute atomic E-state index is 13.0. The first kappa shape index (κ1) is 15.8. The Kier molecular flexibility index (Phi) is 4.87. The molecule has 0 aliphatic rings. The highest BCUT2D eigenvalue weighted by Crippen LogP contribution is 2.17. The molecular weight excluding hydrogens is 313 g/mol. The van der Waals surface area contributed by atoms with Crippen LogP contribution in [0.4, 0.5) is 4.39 Å². The molecule has 1 N–H and O–H groups in total. The van der Waals surface area contributed by atoms with Gasteiger partial charge >= 0.3 is 0 Å². The first-order valence-corrected chi connectivity index (χ1v) is 8.53. The van der Waals surface area contributed by atoms with E-state index in [0.717, 1.165) is 10.9 Å². The summed E-state index contributed by atoms with van der Waals surface area (Å²) in [6.07, 6.45) is 0.479. The average Bonchev–Trinajstić information content (AvgIpc) is 2.87. The third-order valence-corrected chi connectivity index (χ3v) is 5.48. The summed E-state index contributed by atoms with van der Waals surface area (Å²) in [4.78, 5) is 12.6. The van der Waals surface area contributed by atoms with E-state index in [1.165, 1.54) is 36.5 Å². The van der Waals surface area contributed by atoms with Crippen molar-refractivity contribution in [2.45, 2.75) is 18.2 Å². The van der Waals surface area contributed by atoms with Crippen LogP contribution in [-0.2, 0) is 16.4 Å². The molecule has 0 fully saturated rings. The predicted molar refractivity (Wildman–Crippen MR) is 79.6 cm³/mol. The largest absolute Gasteiger partial charge is 0.294 e. The zero-order valence-corrected chi connectivity index (χ0v) is 12.9. The second kappa shape index (κ2) is 6.46. The van der Waals surface area contributed by atoms with Crippen molar-refractivity contribution in [2.75, 3.05) is 6.54 Å². The average molecular weight is 327 g/mol. The number of rotatable bonds is 6. The Morgan fingerprint density at radius 2 is 2.05 bits per heavy atom. The van der Waals surface area contributed by atoms with Crippen LogP contribution in [0.5, 0.6) is 0 Å². The van der Waals surface area contributed by atoms with Crippen molar-refractivity contribution in [1.29, 1.82) is 0 Å². The van der Waals surface area contributed by atoms with Gasteiger partial charge < -0.3 is 0 Å². The van der Waals surface area contributed by atoms with Gasteiger partial charge in [0.2, 0.25) is 10.0 Å². The molecule has 21 heavy (non-hydrogen) atoms. The fourth-order valence-corrected chi connectivity index (χ4v) is 3.69. The van der Waals surface area contributed by atoms with Gasteiger partial charge in [0.15, 0.2) is 5.78 Å². The van der Waals surface area contributed by atoms with Gasteiger partial charge in [0.1, 0.15) is 5.82 Å². The predicted octanol–water partition coefficient (Wildman–Crippen LogP) is 2.61. The van der Waals surface area contributed by atoms with Gasteiger partial charge in [-0.05, 0) is 43.7 Å². The van der Waals surface area contributed by atoms with Crippen LogP contribution in [0.2, 0.25) is 0 Å². The van der Waals surface area contributed by atoms with Gasteiger partial charge in [-0.15, -0.1) is 11.3 Å². The van der Waals surface area contributed by atoms with Gasteiger partial charge in [-0.2, -0.15) is 0 Å². The minimum Gasteiger partial charge on any atom is -0.294 e. The number of nitrogens with one attached hydrogen (secondary N) is 1. The molecule has 1 heterocycles. The summed E-state index contributed by atoms with van der Waals surface area (Å²) in [5.74, 6) is -0.603. The molecule has 0 unspecified atom stereocenters. The number of ketones is 1. The molecule has 0 saturated carbocycles. The normalized spacial score (nSPS) is 11.5. The lowest BCUT2D eigenvalue weighted by atomic mass is 10.3. The van der Waals surface area contributed by atoms with E-state index in [1.807, 2.05) is 0 Å². The second-order valence-electron chi connectivity index (χ2n) is 4.43. The number of thiophene rings is 1. The van der Waals surface area contributed by atoms with E-state index >= 15 is 0 Å². The summed E-state index contributed by atoms with van der Waals surface area (Å²) >= 11 is 1.35. The summed E-state index contributed by atoms with van der Waals surface area (Å²) in [6.45, 7) is 1.68. The van der Waals surface area contributed by atoms with Crippen molar-refractivity contribution in [3.8, 4) is 0 Å². The van der Waals surface area contributed by atoms with Gasteiger partial charge in [0.25, 0.3) is 0 Å². The third-order valence-electron chi connectivity index (χ3n) is 2.78. The van der Waals surface area contributed by atoms with E-state index in [4.69, 9.17) is 0 Å². The van der Waals surface area contributed by atoms with E-state index in [0.29, 0.717) is 11.3 Å². The summed E-state index contributed by atoms with van der Waals surface area (Å²) in [5, 5.41) is 0. The molecule has 7 heteroatoms. The lowest BCUT2D eigenvalue weighted by molar-refractivity contribution is 0.102. The topological polar surface area (TPSA) is 63.2 Å². The molecule has 0 aliphatic carbocycles. The Labute approximate surface area is 126 Å². The van der Waals surface area contributed by atoms with Gasteiger partial charge in [0, 0.05) is 11.4 Å². The van der Waals surface area contributed by atoms with Crippen LogP contribution < -0.4 is 4.72 Å². The van der Waals surface area contributed by atoms with Crippen molar-refractivity contribution in [1.82, 2.24) is 4.72 Å². The first-order chi connectivity index (χ1) is 9.88. The molecule has 1 aromatic carbocycles. The van der Waals surface area contributed by atoms with Crippen LogP contribution in [0, 0.1) is 5.82 Å². The van der Waals surface area contributed by atoms with Crippen molar-refractivity contribution in [2.24, 2.45) is 0 Å². The second-order valence-corrected chi connectivity index (χ2v) is 7.36. The molecule has 112 valence electrons. The van der Waals surface area contributed by atoms with E-state index in [2.05, 4.69) is 4.72 Å². The highest BCUT2D eigenvalue weighted by Gasteiger charge is 2.14. The fourth-order valence-electron chi connectivity index (χ4n) is 1.73. The number of halogens is 1. The number of benzene rings is 1. The lowest BCUT2D eigenvalue weighted by Crippen LogP contribution is -2.25. The van der Waals surface area contributed by atoms with E-state index < -0.39 is 15.8 Å². The van der Waals surface area contributed by atoms with Gasteiger partial charge in [-0.3, -0.25) is 4.79 Å². The molecule has 0 bridgehead atoms. The van der Waals surface area contributed by atoms with Crippen LogP contribution in [0.25, 0.3) is 0 Å². The minimum absolute atomic E-state index is 0.00779. The molecule has 4 nitrogen and oxygen atoms in total. The zero-order valence-electron chi connectivity index (χ0n) is 11.3. The summed E-state index contributed by atoms with van der Waals surface area (Å²) in [7, 11) is -3.71. The summed E-state index contributed by atoms with van der Waals surface area (Å²) in [6, 6.07) is 8.38. The summed E-state index contributed by atoms with van der Waals surface area (Å²) < 4.78 is 39.4. The first-order valence-electron chi connectivity index (χ1n) is 6.23. The highest BCUT2D eigenvalue weighted by atomic mass is 32.2. The molecule has 1 aromatic heterocycles. The number of Topliss-reactive ketones (excluding diaryl/α,β-unsaturated/α-hetero) is 1. The van der Waals surface area contributed by atoms with Crippen LogP contribution >= 0.6 is 11.3 Å². The highest BCUT2D eigenvalue weighted by molar-refractivity contribution is 7.89. The smallest absolute Gasteiger partial charge is 0.240 e. The molecule has 0 spiro atoms. The van der Waals surface area contributed by atoms with E-state index in [-0.39, 0.29) is 17.2 Å². The standard InChI is InChI=1S/C14H14FNO3S2/c1-10(17)14-6-5-12(20-14)7-8-16-21(18,19)13-4-2-3-11(15)9-13/h2-6,9,16H,7-8H2,1H3. The Balaban J connectivity index is 1.97. The SMILES string of the molecule is CC(=O)c1ccc(CCNS(=O)(=O)c2cccc(F)c2)s1. The van der Waals surface area contributed by atoms with E-state index in [9.17, 15) is 17.6 Å². The Hall–Kier alpha value is -1.57. The molecule has 2 aromatic rings. The molecular formula is C14H14FNO3S2. The molecule has 0 radical (unpaired) electrons. The number of carbonyl (C=O) groups is 1. The Morgan fingerprint density at radius 3 is 2.67 bits per heavy atom. The van der Waals surface area contributed by atoms with Crippen molar-refractivity contribution < 1.29 is 17.6 Å². The van der Waals surface area contributed by atoms with Crippen molar-refractivity contribution in [3.05, 3.63) is 52.0 Å². The van der Waals surface area contributed by atoms with Crippen molar-refractivity contribution in [3.63, 3.8) is 0 Å². The quantitative estimate of drug-likeness (QED) is 0.830. The molecule has 2 rings (SSSR count). The Morgan fingerprint density at radius 1 is 1.29 bits per heavy atom. The number of carbonyl (C=O) groups excluding carboxylic acids is 1. The Bertz CT molecular complexity index is 753. The van der Waals surface area contributed by atoms with Gasteiger partial charge in [-0.1, -0.05) is 6.07 Å². The maximum Gasteiger partial charge on any atom is 0.240 e. The lowest BCUT2D eigenvalue weighted by Gasteiger charge is -2.06. The number of hydrogen-bond acceptors (Lipinski definition) is 4. The van der Waals surface area contributed by atoms with Gasteiger partial charge in [-0.25, -0.2) is 17.5 Å². The van der Waals surface area contributed by atoms with E-state index in [1.54, 1.807) is 12.1 Å². The number of sulfonamides is 1. The molecule has 0 saturated heterocycles. The van der Waals surface area contributed by atoms with Crippen molar-refractivity contribution >= 4 is 27.1 Å². The van der Waals surface area contributed by atoms with Gasteiger partial charge in [0.05, 0.1) is 9.77 Å². The monoisotopic (exact) mass is 327 g/mol. The fraction of sp³-hybridized carbons (Fsp3) is 0.214. The third kappa shape index (κ3) is 4.20. The molecule has 0 amide bonds. The van der Waals surface area contributed by atoms with Crippen LogP contribution in [0.1, 0.15) is 21.5 Å². The van der Waals surface area contributed by atoms with Crippen LogP contribution in [0.3, 0.4) is 0 Å². The molecule has 0 aliphatic heterocycles.